The van der Waals surface area contributed by atoms with Gasteiger partial charge in [0.15, 0.2) is 0 Å². The molecule has 1 N–H and O–H groups in total. The maximum absolute atomic E-state index is 12.0. The first-order chi connectivity index (χ1) is 8.43. The standard InChI is InChI=1S/C14H21N3O/c1-14(2)11(8-12(14)17(3)4)16-13(18)10-6-5-7-15-9-10/h5-7,9,11-12H,8H2,1-4H3,(H,16,18). The highest BCUT2D eigenvalue weighted by Crippen LogP contribution is 2.43. The van der Waals surface area contributed by atoms with Crippen LogP contribution >= 0.6 is 0 Å². The van der Waals surface area contributed by atoms with Crippen LogP contribution in [0.3, 0.4) is 0 Å². The molecule has 0 bridgehead atoms. The Morgan fingerprint density at radius 1 is 1.50 bits per heavy atom. The van der Waals surface area contributed by atoms with Gasteiger partial charge in [-0.25, -0.2) is 0 Å². The Morgan fingerprint density at radius 3 is 2.72 bits per heavy atom. The zero-order valence-electron chi connectivity index (χ0n) is 11.5. The van der Waals surface area contributed by atoms with Gasteiger partial charge < -0.3 is 10.2 Å². The van der Waals surface area contributed by atoms with Crippen LogP contribution in [0.15, 0.2) is 24.5 Å². The van der Waals surface area contributed by atoms with Gasteiger partial charge in [0.1, 0.15) is 0 Å². The number of hydrogen-bond donors (Lipinski definition) is 1. The van der Waals surface area contributed by atoms with Crippen LogP contribution < -0.4 is 5.32 Å². The van der Waals surface area contributed by atoms with Gasteiger partial charge in [-0.1, -0.05) is 13.8 Å². The number of aromatic nitrogens is 1. The Balaban J connectivity index is 1.99. The molecule has 0 spiro atoms. The van der Waals surface area contributed by atoms with E-state index in [9.17, 15) is 4.79 Å². The van der Waals surface area contributed by atoms with Crippen LogP contribution in [-0.2, 0) is 0 Å². The maximum Gasteiger partial charge on any atom is 0.253 e. The van der Waals surface area contributed by atoms with Crippen LogP contribution in [-0.4, -0.2) is 42.0 Å². The molecule has 0 aromatic carbocycles. The number of carbonyl (C=O) groups is 1. The van der Waals surface area contributed by atoms with Gasteiger partial charge in [0.25, 0.3) is 5.91 Å². The van der Waals surface area contributed by atoms with Gasteiger partial charge in [-0.15, -0.1) is 0 Å². The molecule has 1 aliphatic rings. The average molecular weight is 247 g/mol. The lowest BCUT2D eigenvalue weighted by Crippen LogP contribution is -2.65. The second-order valence-corrected chi connectivity index (χ2v) is 5.80. The van der Waals surface area contributed by atoms with E-state index in [4.69, 9.17) is 0 Å². The first-order valence-corrected chi connectivity index (χ1v) is 6.30. The summed E-state index contributed by atoms with van der Waals surface area (Å²) in [5.74, 6) is -0.0293. The fourth-order valence-corrected chi connectivity index (χ4v) is 2.76. The van der Waals surface area contributed by atoms with Crippen molar-refractivity contribution in [1.29, 1.82) is 0 Å². The number of nitrogens with one attached hydrogen (secondary N) is 1. The van der Waals surface area contributed by atoms with E-state index in [0.29, 0.717) is 11.6 Å². The fourth-order valence-electron chi connectivity index (χ4n) is 2.76. The zero-order valence-corrected chi connectivity index (χ0v) is 11.5. The zero-order chi connectivity index (χ0) is 13.3. The Hall–Kier alpha value is -1.42. The van der Waals surface area contributed by atoms with Crippen molar-refractivity contribution in [2.75, 3.05) is 14.1 Å². The predicted octanol–water partition coefficient (Wildman–Crippen LogP) is 1.54. The third-order valence-corrected chi connectivity index (χ3v) is 4.07. The van der Waals surface area contributed by atoms with Gasteiger partial charge in [-0.3, -0.25) is 9.78 Å². The molecule has 0 radical (unpaired) electrons. The molecule has 1 heterocycles. The normalized spacial score (nSPS) is 25.6. The van der Waals surface area contributed by atoms with Crippen molar-refractivity contribution < 1.29 is 4.79 Å². The van der Waals surface area contributed by atoms with E-state index in [1.807, 2.05) is 0 Å². The molecule has 1 amide bonds. The van der Waals surface area contributed by atoms with Crippen molar-refractivity contribution in [2.45, 2.75) is 32.4 Å². The van der Waals surface area contributed by atoms with Gasteiger partial charge in [-0.05, 0) is 32.6 Å². The highest BCUT2D eigenvalue weighted by molar-refractivity contribution is 5.94. The SMILES string of the molecule is CN(C)C1CC(NC(=O)c2cccnc2)C1(C)C. The monoisotopic (exact) mass is 247 g/mol. The molecule has 4 nitrogen and oxygen atoms in total. The van der Waals surface area contributed by atoms with E-state index in [-0.39, 0.29) is 17.4 Å². The number of pyridine rings is 1. The molecule has 0 saturated heterocycles. The van der Waals surface area contributed by atoms with E-state index < -0.39 is 0 Å². The summed E-state index contributed by atoms with van der Waals surface area (Å²) >= 11 is 0. The molecular formula is C14H21N3O. The van der Waals surface area contributed by atoms with E-state index in [1.54, 1.807) is 24.5 Å². The third-order valence-electron chi connectivity index (χ3n) is 4.07. The summed E-state index contributed by atoms with van der Waals surface area (Å²) in [5.41, 5.74) is 0.739. The molecule has 1 aromatic rings. The number of hydrogen-bond acceptors (Lipinski definition) is 3. The Morgan fingerprint density at radius 2 is 2.22 bits per heavy atom. The van der Waals surface area contributed by atoms with Gasteiger partial charge in [0, 0.05) is 29.9 Å². The minimum absolute atomic E-state index is 0.0293. The van der Waals surface area contributed by atoms with Crippen molar-refractivity contribution in [1.82, 2.24) is 15.2 Å². The molecule has 98 valence electrons. The second kappa shape index (κ2) is 4.69. The summed E-state index contributed by atoms with van der Waals surface area (Å²) in [6.07, 6.45) is 4.28. The summed E-state index contributed by atoms with van der Waals surface area (Å²) in [4.78, 5) is 18.2. The van der Waals surface area contributed by atoms with Crippen LogP contribution in [0.5, 0.6) is 0 Å². The van der Waals surface area contributed by atoms with Crippen molar-refractivity contribution in [3.05, 3.63) is 30.1 Å². The summed E-state index contributed by atoms with van der Waals surface area (Å²) in [6, 6.07) is 4.33. The summed E-state index contributed by atoms with van der Waals surface area (Å²) < 4.78 is 0. The fraction of sp³-hybridized carbons (Fsp3) is 0.571. The van der Waals surface area contributed by atoms with Crippen LogP contribution in [0.4, 0.5) is 0 Å². The molecule has 1 saturated carbocycles. The molecule has 4 heteroatoms. The summed E-state index contributed by atoms with van der Waals surface area (Å²) in [6.45, 7) is 4.41. The average Bonchev–Trinajstić information content (AvgIpc) is 2.34. The number of carbonyl (C=O) groups excluding carboxylic acids is 1. The molecule has 1 aromatic heterocycles. The third kappa shape index (κ3) is 2.25. The van der Waals surface area contributed by atoms with E-state index in [2.05, 4.69) is 43.1 Å². The topological polar surface area (TPSA) is 45.2 Å². The summed E-state index contributed by atoms with van der Waals surface area (Å²) in [5, 5.41) is 3.10. The van der Waals surface area contributed by atoms with Crippen molar-refractivity contribution in [3.63, 3.8) is 0 Å². The number of rotatable bonds is 3. The van der Waals surface area contributed by atoms with Crippen LogP contribution in [0.2, 0.25) is 0 Å². The van der Waals surface area contributed by atoms with E-state index in [1.165, 1.54) is 0 Å². The minimum Gasteiger partial charge on any atom is -0.349 e. The van der Waals surface area contributed by atoms with E-state index >= 15 is 0 Å². The second-order valence-electron chi connectivity index (χ2n) is 5.80. The van der Waals surface area contributed by atoms with Crippen LogP contribution in [0, 0.1) is 5.41 Å². The predicted molar refractivity (Wildman–Crippen MR) is 71.4 cm³/mol. The molecule has 0 aliphatic heterocycles. The molecule has 2 atom stereocenters. The van der Waals surface area contributed by atoms with Gasteiger partial charge >= 0.3 is 0 Å². The Labute approximate surface area is 108 Å². The maximum atomic E-state index is 12.0. The molecule has 2 unspecified atom stereocenters. The largest absolute Gasteiger partial charge is 0.349 e. The Kier molecular flexibility index (Phi) is 3.39. The number of amides is 1. The smallest absolute Gasteiger partial charge is 0.253 e. The van der Waals surface area contributed by atoms with E-state index in [0.717, 1.165) is 6.42 Å². The molecular weight excluding hydrogens is 226 g/mol. The minimum atomic E-state index is -0.0293. The quantitative estimate of drug-likeness (QED) is 0.881. The highest BCUT2D eigenvalue weighted by atomic mass is 16.1. The molecule has 1 aliphatic carbocycles. The lowest BCUT2D eigenvalue weighted by Gasteiger charge is -2.55. The van der Waals surface area contributed by atoms with Gasteiger partial charge in [0.2, 0.25) is 0 Å². The van der Waals surface area contributed by atoms with Gasteiger partial charge in [0.05, 0.1) is 5.56 Å². The highest BCUT2D eigenvalue weighted by Gasteiger charge is 2.49. The van der Waals surface area contributed by atoms with Crippen molar-refractivity contribution in [3.8, 4) is 0 Å². The Bertz CT molecular complexity index is 428. The lowest BCUT2D eigenvalue weighted by molar-refractivity contribution is -0.0107. The van der Waals surface area contributed by atoms with Crippen molar-refractivity contribution in [2.24, 2.45) is 5.41 Å². The van der Waals surface area contributed by atoms with Crippen LogP contribution in [0.1, 0.15) is 30.6 Å². The molecule has 1 fully saturated rings. The van der Waals surface area contributed by atoms with Crippen molar-refractivity contribution >= 4 is 5.91 Å². The first kappa shape index (κ1) is 13.0. The first-order valence-electron chi connectivity index (χ1n) is 6.30. The molecule has 18 heavy (non-hydrogen) atoms. The lowest BCUT2D eigenvalue weighted by atomic mass is 9.62. The van der Waals surface area contributed by atoms with Crippen LogP contribution in [0.25, 0.3) is 0 Å². The van der Waals surface area contributed by atoms with Gasteiger partial charge in [-0.2, -0.15) is 0 Å². The number of nitrogens with zero attached hydrogens (tertiary/aromatic N) is 2. The molecule has 2 rings (SSSR count). The summed E-state index contributed by atoms with van der Waals surface area (Å²) in [7, 11) is 4.18.